The van der Waals surface area contributed by atoms with Crippen LogP contribution in [0.5, 0.6) is 0 Å². The van der Waals surface area contributed by atoms with E-state index in [2.05, 4.69) is 41.6 Å². The van der Waals surface area contributed by atoms with Gasteiger partial charge in [0.2, 0.25) is 0 Å². The minimum atomic E-state index is -0.517. The number of hydrogen-bond acceptors (Lipinski definition) is 5. The molecule has 6 heteroatoms. The number of amides is 1. The van der Waals surface area contributed by atoms with Crippen molar-refractivity contribution in [3.05, 3.63) is 83.7 Å². The highest BCUT2D eigenvalue weighted by Crippen LogP contribution is 2.21. The number of rotatable bonds is 6. The molecule has 0 spiro atoms. The van der Waals surface area contributed by atoms with Crippen LogP contribution in [0.25, 0.3) is 0 Å². The van der Waals surface area contributed by atoms with Crippen LogP contribution in [0.2, 0.25) is 0 Å². The Bertz CT molecular complexity index is 997. The smallest absolute Gasteiger partial charge is 0.339 e. The lowest BCUT2D eigenvalue weighted by Gasteiger charge is -2.11. The first-order chi connectivity index (χ1) is 14.0. The summed E-state index contributed by atoms with van der Waals surface area (Å²) in [4.78, 5) is 28.6. The van der Waals surface area contributed by atoms with Crippen molar-refractivity contribution >= 4 is 28.9 Å². The van der Waals surface area contributed by atoms with E-state index in [1.165, 1.54) is 12.7 Å². The maximum absolute atomic E-state index is 12.5. The molecular formula is C23H23N3O3. The van der Waals surface area contributed by atoms with Crippen molar-refractivity contribution in [3.8, 4) is 0 Å². The van der Waals surface area contributed by atoms with Gasteiger partial charge in [0.25, 0.3) is 5.91 Å². The molecular weight excluding hydrogens is 366 g/mol. The number of pyridine rings is 1. The highest BCUT2D eigenvalue weighted by atomic mass is 16.5. The molecule has 6 nitrogen and oxygen atoms in total. The standard InChI is InChI=1S/C23H23N3O3/c1-15(2)16-8-10-17(11-9-16)25-18-12-13-21(24-14-18)22(27)26-20-7-5-4-6-19(20)23(28)29-3/h4-15,25H,1-3H3,(H,26,27). The summed E-state index contributed by atoms with van der Waals surface area (Å²) >= 11 is 0. The number of carbonyl (C=O) groups excluding carboxylic acids is 2. The molecule has 3 aromatic rings. The zero-order chi connectivity index (χ0) is 20.8. The van der Waals surface area contributed by atoms with Crippen LogP contribution in [-0.2, 0) is 4.74 Å². The number of benzene rings is 2. The normalized spacial score (nSPS) is 10.5. The van der Waals surface area contributed by atoms with Gasteiger partial charge < -0.3 is 15.4 Å². The van der Waals surface area contributed by atoms with Gasteiger partial charge in [-0.05, 0) is 47.9 Å². The summed E-state index contributed by atoms with van der Waals surface area (Å²) in [6.07, 6.45) is 1.59. The molecule has 29 heavy (non-hydrogen) atoms. The lowest BCUT2D eigenvalue weighted by atomic mass is 10.0. The number of hydrogen-bond donors (Lipinski definition) is 2. The van der Waals surface area contributed by atoms with Gasteiger partial charge in [-0.2, -0.15) is 0 Å². The number of methoxy groups -OCH3 is 1. The molecule has 1 heterocycles. The summed E-state index contributed by atoms with van der Waals surface area (Å²) in [7, 11) is 1.30. The van der Waals surface area contributed by atoms with Crippen molar-refractivity contribution in [1.82, 2.24) is 4.98 Å². The van der Waals surface area contributed by atoms with Crippen molar-refractivity contribution in [2.24, 2.45) is 0 Å². The average Bonchev–Trinajstić information content (AvgIpc) is 2.74. The van der Waals surface area contributed by atoms with E-state index in [0.29, 0.717) is 11.6 Å². The third-order valence-electron chi connectivity index (χ3n) is 4.44. The monoisotopic (exact) mass is 389 g/mol. The van der Waals surface area contributed by atoms with Crippen LogP contribution in [0.4, 0.5) is 17.1 Å². The fraction of sp³-hybridized carbons (Fsp3) is 0.174. The molecule has 1 aromatic heterocycles. The molecule has 0 aliphatic carbocycles. The summed E-state index contributed by atoms with van der Waals surface area (Å²) < 4.78 is 4.74. The van der Waals surface area contributed by atoms with Crippen LogP contribution in [0, 0.1) is 0 Å². The first kappa shape index (κ1) is 20.1. The molecule has 0 fully saturated rings. The zero-order valence-corrected chi connectivity index (χ0v) is 16.6. The fourth-order valence-electron chi connectivity index (χ4n) is 2.79. The van der Waals surface area contributed by atoms with Crippen molar-refractivity contribution in [1.29, 1.82) is 0 Å². The lowest BCUT2D eigenvalue weighted by Crippen LogP contribution is -2.16. The van der Waals surface area contributed by atoms with Gasteiger partial charge in [0, 0.05) is 5.69 Å². The number of esters is 1. The van der Waals surface area contributed by atoms with Crippen molar-refractivity contribution < 1.29 is 14.3 Å². The summed E-state index contributed by atoms with van der Waals surface area (Å²) in [6.45, 7) is 4.30. The molecule has 148 valence electrons. The van der Waals surface area contributed by atoms with E-state index in [4.69, 9.17) is 4.74 Å². The minimum Gasteiger partial charge on any atom is -0.465 e. The Labute approximate surface area is 169 Å². The maximum atomic E-state index is 12.5. The average molecular weight is 389 g/mol. The molecule has 0 atom stereocenters. The highest BCUT2D eigenvalue weighted by molar-refractivity contribution is 6.07. The quantitative estimate of drug-likeness (QED) is 0.581. The van der Waals surface area contributed by atoms with Crippen LogP contribution in [0.1, 0.15) is 46.2 Å². The van der Waals surface area contributed by atoms with Gasteiger partial charge >= 0.3 is 5.97 Å². The molecule has 1 amide bonds. The maximum Gasteiger partial charge on any atom is 0.339 e. The minimum absolute atomic E-state index is 0.241. The second-order valence-electron chi connectivity index (χ2n) is 6.83. The molecule has 2 N–H and O–H groups in total. The fourth-order valence-corrected chi connectivity index (χ4v) is 2.79. The van der Waals surface area contributed by atoms with E-state index >= 15 is 0 Å². The molecule has 0 unspecified atom stereocenters. The Morgan fingerprint density at radius 2 is 1.62 bits per heavy atom. The summed E-state index contributed by atoms with van der Waals surface area (Å²) in [5, 5.41) is 5.97. The largest absolute Gasteiger partial charge is 0.465 e. The van der Waals surface area contributed by atoms with Crippen LogP contribution < -0.4 is 10.6 Å². The van der Waals surface area contributed by atoms with Crippen LogP contribution >= 0.6 is 0 Å². The molecule has 0 aliphatic heterocycles. The predicted octanol–water partition coefficient (Wildman–Crippen LogP) is 4.99. The van der Waals surface area contributed by atoms with Gasteiger partial charge in [-0.1, -0.05) is 38.1 Å². The second kappa shape index (κ2) is 9.01. The van der Waals surface area contributed by atoms with E-state index in [-0.39, 0.29) is 11.3 Å². The van der Waals surface area contributed by atoms with E-state index in [0.717, 1.165) is 11.4 Å². The van der Waals surface area contributed by atoms with Crippen LogP contribution in [-0.4, -0.2) is 24.0 Å². The predicted molar refractivity (Wildman–Crippen MR) is 114 cm³/mol. The number of anilines is 3. The Balaban J connectivity index is 1.68. The van der Waals surface area contributed by atoms with Crippen LogP contribution in [0.3, 0.4) is 0 Å². The SMILES string of the molecule is COC(=O)c1ccccc1NC(=O)c1ccc(Nc2ccc(C(C)C)cc2)cn1. The first-order valence-electron chi connectivity index (χ1n) is 9.29. The second-order valence-corrected chi connectivity index (χ2v) is 6.83. The lowest BCUT2D eigenvalue weighted by molar-refractivity contribution is 0.0602. The molecule has 0 saturated carbocycles. The third kappa shape index (κ3) is 4.99. The molecule has 0 radical (unpaired) electrons. The Morgan fingerprint density at radius 1 is 0.931 bits per heavy atom. The van der Waals surface area contributed by atoms with Gasteiger partial charge in [0.15, 0.2) is 0 Å². The van der Waals surface area contributed by atoms with Gasteiger partial charge in [-0.15, -0.1) is 0 Å². The Hall–Kier alpha value is -3.67. The molecule has 2 aromatic carbocycles. The number of carbonyl (C=O) groups is 2. The van der Waals surface area contributed by atoms with E-state index < -0.39 is 11.9 Å². The van der Waals surface area contributed by atoms with Crippen LogP contribution in [0.15, 0.2) is 66.9 Å². The highest BCUT2D eigenvalue weighted by Gasteiger charge is 2.15. The van der Waals surface area contributed by atoms with Crippen molar-refractivity contribution in [3.63, 3.8) is 0 Å². The van der Waals surface area contributed by atoms with Gasteiger partial charge in [0.1, 0.15) is 5.69 Å². The van der Waals surface area contributed by atoms with Gasteiger partial charge in [-0.3, -0.25) is 4.79 Å². The van der Waals surface area contributed by atoms with Crippen molar-refractivity contribution in [2.45, 2.75) is 19.8 Å². The zero-order valence-electron chi connectivity index (χ0n) is 16.6. The molecule has 0 bridgehead atoms. The van der Waals surface area contributed by atoms with E-state index in [9.17, 15) is 9.59 Å². The van der Waals surface area contributed by atoms with E-state index in [1.54, 1.807) is 42.6 Å². The first-order valence-corrected chi connectivity index (χ1v) is 9.29. The third-order valence-corrected chi connectivity index (χ3v) is 4.44. The number of aromatic nitrogens is 1. The van der Waals surface area contributed by atoms with Gasteiger partial charge in [-0.25, -0.2) is 9.78 Å². The van der Waals surface area contributed by atoms with E-state index in [1.807, 2.05) is 12.1 Å². The topological polar surface area (TPSA) is 80.3 Å². The molecule has 0 saturated heterocycles. The molecule has 0 aliphatic rings. The number of para-hydroxylation sites is 1. The summed E-state index contributed by atoms with van der Waals surface area (Å²) in [5.74, 6) is -0.445. The van der Waals surface area contributed by atoms with Crippen molar-refractivity contribution in [2.75, 3.05) is 17.7 Å². The number of nitrogens with zero attached hydrogens (tertiary/aromatic N) is 1. The number of ether oxygens (including phenoxy) is 1. The Morgan fingerprint density at radius 3 is 2.24 bits per heavy atom. The van der Waals surface area contributed by atoms with Gasteiger partial charge in [0.05, 0.1) is 30.2 Å². The summed E-state index contributed by atoms with van der Waals surface area (Å²) in [6, 6.07) is 18.3. The molecule has 3 rings (SSSR count). The number of nitrogens with one attached hydrogen (secondary N) is 2. The summed E-state index contributed by atoms with van der Waals surface area (Å²) in [5.41, 5.74) is 3.89. The Kier molecular flexibility index (Phi) is 6.24.